The molecule has 3 N–H and O–H groups in total. The van der Waals surface area contributed by atoms with Crippen LogP contribution in [0.3, 0.4) is 0 Å². The lowest BCUT2D eigenvalue weighted by Crippen LogP contribution is -2.56. The Hall–Kier alpha value is -2.14. The molecule has 0 saturated carbocycles. The molecule has 1 aromatic rings. The van der Waals surface area contributed by atoms with Crippen LogP contribution in [0.25, 0.3) is 0 Å². The minimum atomic E-state index is -0.690. The highest BCUT2D eigenvalue weighted by Gasteiger charge is 2.39. The number of nitrogens with one attached hydrogen (secondary N) is 1. The molecule has 4 aliphatic rings. The zero-order chi connectivity index (χ0) is 19.3. The van der Waals surface area contributed by atoms with E-state index in [4.69, 9.17) is 16.3 Å². The third-order valence-corrected chi connectivity index (χ3v) is 5.90. The lowest BCUT2D eigenvalue weighted by atomic mass is 9.86. The molecule has 4 heterocycles. The first kappa shape index (κ1) is 23.1. The van der Waals surface area contributed by atoms with Crippen molar-refractivity contribution in [3.63, 3.8) is 0 Å². The molecule has 0 spiro atoms. The summed E-state index contributed by atoms with van der Waals surface area (Å²) in [7, 11) is 1.51. The number of nitro groups is 1. The van der Waals surface area contributed by atoms with E-state index < -0.39 is 16.5 Å². The van der Waals surface area contributed by atoms with E-state index in [1.165, 1.54) is 18.0 Å². The normalized spacial score (nSPS) is 24.6. The van der Waals surface area contributed by atoms with Gasteiger partial charge in [0.1, 0.15) is 5.02 Å². The van der Waals surface area contributed by atoms with Gasteiger partial charge in [-0.1, -0.05) is 11.6 Å². The lowest BCUT2D eigenvalue weighted by molar-refractivity contribution is -0.385. The van der Waals surface area contributed by atoms with Crippen LogP contribution < -0.4 is 15.0 Å². The van der Waals surface area contributed by atoms with E-state index in [-0.39, 0.29) is 58.6 Å². The van der Waals surface area contributed by atoms with Crippen molar-refractivity contribution in [2.75, 3.05) is 31.6 Å². The number of hydrogen-bond acceptors (Lipinski definition) is 6. The molecule has 3 fully saturated rings. The number of halogens is 2. The van der Waals surface area contributed by atoms with Gasteiger partial charge in [-0.05, 0) is 31.2 Å². The number of carbonyl (C=O) groups excluding carboxylic acids is 2. The van der Waals surface area contributed by atoms with Crippen LogP contribution in [-0.2, 0) is 4.79 Å². The number of carbonyl (C=O) groups is 2. The Morgan fingerprint density at radius 2 is 2.03 bits per heavy atom. The first-order chi connectivity index (χ1) is 12.9. The van der Waals surface area contributed by atoms with Gasteiger partial charge in [0.2, 0.25) is 0 Å². The number of nitrogens with zero attached hydrogens (tertiary/aromatic N) is 3. The van der Waals surface area contributed by atoms with Crippen LogP contribution in [0.4, 0.5) is 11.4 Å². The number of anilines is 1. The fourth-order valence-corrected chi connectivity index (χ4v) is 4.36. The standard InChI is InChI=1S/C17H19ClN4O5.ClH.H2O/c1-20-11-7-10(18)15(22(25)26)14(16(11)27-8-13(20)23)17(24)19-12-6-9-2-4-21(12)5-3-9;;/h7,9,12H,2-6,8H2,1H3,(H,19,24);1H;1H2. The zero-order valence-corrected chi connectivity index (χ0v) is 17.2. The summed E-state index contributed by atoms with van der Waals surface area (Å²) in [5, 5.41) is 14.3. The van der Waals surface area contributed by atoms with Crippen molar-refractivity contribution in [2.24, 2.45) is 5.92 Å². The quantitative estimate of drug-likeness (QED) is 0.547. The Bertz CT molecular complexity index is 844. The molecule has 12 heteroatoms. The van der Waals surface area contributed by atoms with E-state index in [0.717, 1.165) is 32.4 Å². The molecule has 1 atom stereocenters. The largest absolute Gasteiger partial charge is 0.480 e. The van der Waals surface area contributed by atoms with E-state index in [2.05, 4.69) is 10.2 Å². The van der Waals surface area contributed by atoms with Crippen LogP contribution in [0.5, 0.6) is 5.75 Å². The van der Waals surface area contributed by atoms with Gasteiger partial charge in [-0.3, -0.25) is 24.6 Å². The minimum Gasteiger partial charge on any atom is -0.480 e. The number of piperidine rings is 3. The summed E-state index contributed by atoms with van der Waals surface area (Å²) in [5.41, 5.74) is -0.492. The topological polar surface area (TPSA) is 137 Å². The number of fused-ring (bicyclic) bond motifs is 4. The average Bonchev–Trinajstić information content (AvgIpc) is 2.65. The first-order valence-electron chi connectivity index (χ1n) is 8.82. The van der Waals surface area contributed by atoms with Gasteiger partial charge in [0.05, 0.1) is 16.8 Å². The van der Waals surface area contributed by atoms with Gasteiger partial charge in [-0.2, -0.15) is 0 Å². The second-order valence-electron chi connectivity index (χ2n) is 7.13. The molecule has 4 aliphatic heterocycles. The Kier molecular flexibility index (Phi) is 6.94. The molecule has 29 heavy (non-hydrogen) atoms. The number of hydrogen-bond donors (Lipinski definition) is 1. The second kappa shape index (κ2) is 8.70. The summed E-state index contributed by atoms with van der Waals surface area (Å²) in [5.74, 6) is -0.361. The third kappa shape index (κ3) is 3.97. The maximum Gasteiger partial charge on any atom is 0.304 e. The number of amides is 2. The summed E-state index contributed by atoms with van der Waals surface area (Å²) >= 11 is 6.10. The number of nitro benzene ring substituents is 1. The average molecular weight is 449 g/mol. The summed E-state index contributed by atoms with van der Waals surface area (Å²) in [6, 6.07) is 1.29. The van der Waals surface area contributed by atoms with Gasteiger partial charge in [0, 0.05) is 20.1 Å². The molecule has 0 aromatic heterocycles. The molecule has 3 saturated heterocycles. The Labute approximate surface area is 178 Å². The maximum atomic E-state index is 13.0. The zero-order valence-electron chi connectivity index (χ0n) is 15.6. The fourth-order valence-electron chi connectivity index (χ4n) is 4.10. The Morgan fingerprint density at radius 3 is 2.59 bits per heavy atom. The molecular formula is C17H22Cl2N4O6. The highest BCUT2D eigenvalue weighted by Crippen LogP contribution is 2.44. The monoisotopic (exact) mass is 448 g/mol. The SMILES string of the molecule is CN1C(=O)COc2c1cc(Cl)c([N+](=O)[O-])c2C(=O)NC1CC2CCN1CC2.Cl.O. The van der Waals surface area contributed by atoms with Crippen LogP contribution in [0.2, 0.25) is 5.02 Å². The van der Waals surface area contributed by atoms with Crippen LogP contribution in [0, 0.1) is 16.0 Å². The maximum absolute atomic E-state index is 13.0. The van der Waals surface area contributed by atoms with Crippen LogP contribution in [0.15, 0.2) is 6.07 Å². The molecule has 2 bridgehead atoms. The summed E-state index contributed by atoms with van der Waals surface area (Å²) in [6.07, 6.45) is 2.87. The number of benzene rings is 1. The predicted molar refractivity (Wildman–Crippen MR) is 108 cm³/mol. The molecule has 5 rings (SSSR count). The molecule has 1 unspecified atom stereocenters. The van der Waals surface area contributed by atoms with Crippen molar-refractivity contribution >= 4 is 47.2 Å². The van der Waals surface area contributed by atoms with Gasteiger partial charge in [0.15, 0.2) is 17.9 Å². The van der Waals surface area contributed by atoms with Gasteiger partial charge >= 0.3 is 5.69 Å². The van der Waals surface area contributed by atoms with Gasteiger partial charge < -0.3 is 20.4 Å². The third-order valence-electron chi connectivity index (χ3n) is 5.62. The molecule has 160 valence electrons. The van der Waals surface area contributed by atoms with Crippen molar-refractivity contribution in [3.8, 4) is 5.75 Å². The summed E-state index contributed by atoms with van der Waals surface area (Å²) in [6.45, 7) is 1.51. The van der Waals surface area contributed by atoms with Crippen LogP contribution in [0.1, 0.15) is 29.6 Å². The van der Waals surface area contributed by atoms with E-state index in [0.29, 0.717) is 5.92 Å². The highest BCUT2D eigenvalue weighted by molar-refractivity contribution is 6.34. The predicted octanol–water partition coefficient (Wildman–Crippen LogP) is 1.37. The molecular weight excluding hydrogens is 427 g/mol. The van der Waals surface area contributed by atoms with Crippen LogP contribution >= 0.6 is 24.0 Å². The molecule has 0 radical (unpaired) electrons. The number of rotatable bonds is 3. The minimum absolute atomic E-state index is 0. The van der Waals surface area contributed by atoms with Gasteiger partial charge in [-0.15, -0.1) is 12.4 Å². The van der Waals surface area contributed by atoms with E-state index >= 15 is 0 Å². The summed E-state index contributed by atoms with van der Waals surface area (Å²) in [4.78, 5) is 39.3. The van der Waals surface area contributed by atoms with Crippen molar-refractivity contribution in [3.05, 3.63) is 26.8 Å². The highest BCUT2D eigenvalue weighted by atomic mass is 35.5. The molecule has 0 aliphatic carbocycles. The van der Waals surface area contributed by atoms with Crippen LogP contribution in [-0.4, -0.2) is 60.0 Å². The number of likely N-dealkylation sites (N-methyl/N-ethyl adjacent to an activating group) is 1. The van der Waals surface area contributed by atoms with Crippen molar-refractivity contribution in [1.82, 2.24) is 10.2 Å². The fraction of sp³-hybridized carbons (Fsp3) is 0.529. The molecule has 1 aromatic carbocycles. The molecule has 2 amide bonds. The smallest absolute Gasteiger partial charge is 0.304 e. The van der Waals surface area contributed by atoms with Gasteiger partial charge in [-0.25, -0.2) is 0 Å². The second-order valence-corrected chi connectivity index (χ2v) is 7.54. The van der Waals surface area contributed by atoms with Crippen molar-refractivity contribution in [1.29, 1.82) is 0 Å². The Morgan fingerprint density at radius 1 is 1.38 bits per heavy atom. The number of ether oxygens (including phenoxy) is 1. The molecule has 10 nitrogen and oxygen atoms in total. The van der Waals surface area contributed by atoms with E-state index in [1.54, 1.807) is 0 Å². The summed E-state index contributed by atoms with van der Waals surface area (Å²) < 4.78 is 5.43. The lowest BCUT2D eigenvalue weighted by Gasteiger charge is -2.45. The first-order valence-corrected chi connectivity index (χ1v) is 9.19. The van der Waals surface area contributed by atoms with E-state index in [1.807, 2.05) is 0 Å². The van der Waals surface area contributed by atoms with E-state index in [9.17, 15) is 19.7 Å². The van der Waals surface area contributed by atoms with Crippen molar-refractivity contribution in [2.45, 2.75) is 25.4 Å². The van der Waals surface area contributed by atoms with Gasteiger partial charge in [0.25, 0.3) is 11.8 Å². The Balaban J connectivity index is 0.00000150. The van der Waals surface area contributed by atoms with Crippen molar-refractivity contribution < 1.29 is 24.7 Å².